The molecule has 0 spiro atoms. The molecule has 0 fully saturated rings. The first-order valence-corrected chi connectivity index (χ1v) is 3.39. The molecule has 0 aliphatic rings. The summed E-state index contributed by atoms with van der Waals surface area (Å²) in [5, 5.41) is 0. The number of halogens is 1. The molecule has 1 rings (SSSR count). The average Bonchev–Trinajstić information content (AvgIpc) is 1.82. The van der Waals surface area contributed by atoms with Gasteiger partial charge >= 0.3 is 0 Å². The maximum Gasteiger partial charge on any atom is 0.283 e. The minimum Gasteiger partial charge on any atom is -0.315 e. The van der Waals surface area contributed by atoms with E-state index in [0.717, 1.165) is 0 Å². The van der Waals surface area contributed by atoms with Crippen LogP contribution in [0.5, 0.6) is 0 Å². The number of aromatic nitrogens is 2. The maximum atomic E-state index is 10.9. The second-order valence-electron chi connectivity index (χ2n) is 1.87. The Balaban J connectivity index is 3.46. The Kier molecular flexibility index (Phi) is 1.94. The minimum atomic E-state index is -0.186. The van der Waals surface area contributed by atoms with E-state index >= 15 is 0 Å². The Morgan fingerprint density at radius 2 is 2.40 bits per heavy atom. The third-order valence-corrected chi connectivity index (χ3v) is 1.57. The van der Waals surface area contributed by atoms with E-state index in [-0.39, 0.29) is 10.2 Å². The van der Waals surface area contributed by atoms with Crippen molar-refractivity contribution >= 4 is 29.4 Å². The molecule has 0 bridgehead atoms. The second-order valence-corrected chi connectivity index (χ2v) is 2.62. The first-order valence-electron chi connectivity index (χ1n) is 2.60. The van der Waals surface area contributed by atoms with Crippen molar-refractivity contribution in [2.24, 2.45) is 7.05 Å². The average molecular weight is 199 g/mol. The highest BCUT2D eigenvalue weighted by atomic mass is 79.9. The smallest absolute Gasteiger partial charge is 0.283 e. The summed E-state index contributed by atoms with van der Waals surface area (Å²) in [5.74, 6) is 0. The largest absolute Gasteiger partial charge is 0.315 e. The summed E-state index contributed by atoms with van der Waals surface area (Å²) in [6.07, 6.45) is 1.47. The van der Waals surface area contributed by atoms with Crippen LogP contribution in [0.2, 0.25) is 0 Å². The zero-order chi connectivity index (χ0) is 7.72. The molecule has 1 heterocycles. The minimum absolute atomic E-state index is 0.186. The number of nitrogens with zero attached hydrogens (tertiary/aromatic N) is 2. The Morgan fingerprint density at radius 1 is 1.80 bits per heavy atom. The van der Waals surface area contributed by atoms with Crippen molar-refractivity contribution in [1.29, 1.82) is 0 Å². The summed E-state index contributed by atoms with van der Waals surface area (Å²) < 4.78 is 1.61. The van der Waals surface area contributed by atoms with Crippen LogP contribution in [0, 0.1) is 0 Å². The predicted octanol–water partition coefficient (Wildman–Crippen LogP) is -0.663. The fraction of sp³-hybridized carbons (Fsp3) is 0.200. The molecule has 0 amide bonds. The first kappa shape index (κ1) is 7.53. The van der Waals surface area contributed by atoms with Crippen molar-refractivity contribution in [2.45, 2.75) is 0 Å². The van der Waals surface area contributed by atoms with Gasteiger partial charge in [-0.1, -0.05) is 0 Å². The molecule has 0 saturated heterocycles. The lowest BCUT2D eigenvalue weighted by Gasteiger charge is -1.98. The first-order chi connectivity index (χ1) is 4.61. The van der Waals surface area contributed by atoms with Crippen LogP contribution in [0.25, 0.3) is 0 Å². The molecule has 0 unspecified atom stereocenters. The van der Waals surface area contributed by atoms with E-state index in [2.05, 4.69) is 20.9 Å². The van der Waals surface area contributed by atoms with Gasteiger partial charge in [-0.05, 0) is 15.9 Å². The van der Waals surface area contributed by atoms with Gasteiger partial charge in [0.2, 0.25) is 0 Å². The molecule has 1 aromatic heterocycles. The molecular weight excluding hydrogens is 195 g/mol. The lowest BCUT2D eigenvalue weighted by molar-refractivity contribution is 0.840. The van der Waals surface area contributed by atoms with Gasteiger partial charge in [0.25, 0.3) is 5.56 Å². The predicted molar refractivity (Wildman–Crippen MR) is 42.6 cm³/mol. The Morgan fingerprint density at radius 3 is 2.90 bits per heavy atom. The van der Waals surface area contributed by atoms with Gasteiger partial charge in [-0.2, -0.15) is 0 Å². The van der Waals surface area contributed by atoms with Crippen LogP contribution < -0.4 is 11.2 Å². The standard InChI is InChI=1S/C5H4BBrN2O/c1-9-2-3(6)8-4(7)5(9)10/h2H,1H3. The molecule has 0 aliphatic heterocycles. The van der Waals surface area contributed by atoms with Crippen molar-refractivity contribution in [3.8, 4) is 0 Å². The van der Waals surface area contributed by atoms with E-state index in [9.17, 15) is 4.79 Å². The van der Waals surface area contributed by atoms with Crippen molar-refractivity contribution in [1.82, 2.24) is 9.55 Å². The van der Waals surface area contributed by atoms with Gasteiger partial charge in [0.1, 0.15) is 7.85 Å². The van der Waals surface area contributed by atoms with Crippen molar-refractivity contribution in [3.05, 3.63) is 21.2 Å². The van der Waals surface area contributed by atoms with E-state index < -0.39 is 0 Å². The fourth-order valence-corrected chi connectivity index (χ4v) is 1.08. The van der Waals surface area contributed by atoms with E-state index in [1.165, 1.54) is 10.8 Å². The summed E-state index contributed by atoms with van der Waals surface area (Å²) in [5.41, 5.74) is 0.142. The highest BCUT2D eigenvalue weighted by molar-refractivity contribution is 9.10. The third-order valence-electron chi connectivity index (χ3n) is 1.05. The zero-order valence-corrected chi connectivity index (χ0v) is 6.92. The lowest BCUT2D eigenvalue weighted by Crippen LogP contribution is -2.25. The normalized spacial score (nSPS) is 9.80. The summed E-state index contributed by atoms with van der Waals surface area (Å²) in [6.45, 7) is 0. The number of hydrogen-bond donors (Lipinski definition) is 0. The number of rotatable bonds is 0. The molecule has 0 saturated carbocycles. The van der Waals surface area contributed by atoms with Gasteiger partial charge in [0.15, 0.2) is 4.60 Å². The van der Waals surface area contributed by atoms with Gasteiger partial charge in [0, 0.05) is 18.8 Å². The fourth-order valence-electron chi connectivity index (χ4n) is 0.593. The van der Waals surface area contributed by atoms with E-state index in [4.69, 9.17) is 7.85 Å². The second kappa shape index (κ2) is 2.58. The number of hydrogen-bond acceptors (Lipinski definition) is 2. The van der Waals surface area contributed by atoms with Crippen LogP contribution in [0.4, 0.5) is 0 Å². The molecule has 10 heavy (non-hydrogen) atoms. The SMILES string of the molecule is [B]c1cn(C)c(=O)c(Br)n1. The summed E-state index contributed by atoms with van der Waals surface area (Å²) in [4.78, 5) is 14.6. The molecule has 50 valence electrons. The maximum absolute atomic E-state index is 10.9. The Labute approximate surface area is 67.6 Å². The highest BCUT2D eigenvalue weighted by Gasteiger charge is 1.97. The molecular formula is C5H4BBrN2O. The molecule has 1 aromatic rings. The van der Waals surface area contributed by atoms with E-state index in [1.807, 2.05) is 0 Å². The Hall–Kier alpha value is -0.575. The molecule has 3 nitrogen and oxygen atoms in total. The van der Waals surface area contributed by atoms with Crippen molar-refractivity contribution in [3.63, 3.8) is 0 Å². The van der Waals surface area contributed by atoms with Crippen LogP contribution in [0.1, 0.15) is 0 Å². The van der Waals surface area contributed by atoms with Crippen LogP contribution >= 0.6 is 15.9 Å². The Bertz CT molecular complexity index is 283. The van der Waals surface area contributed by atoms with E-state index in [0.29, 0.717) is 5.59 Å². The van der Waals surface area contributed by atoms with Crippen molar-refractivity contribution in [2.75, 3.05) is 0 Å². The highest BCUT2D eigenvalue weighted by Crippen LogP contribution is 1.91. The van der Waals surface area contributed by atoms with Gasteiger partial charge in [-0.25, -0.2) is 0 Å². The van der Waals surface area contributed by atoms with Crippen LogP contribution in [-0.4, -0.2) is 17.4 Å². The zero-order valence-electron chi connectivity index (χ0n) is 5.34. The molecule has 5 heteroatoms. The molecule has 0 N–H and O–H groups in total. The monoisotopic (exact) mass is 198 g/mol. The van der Waals surface area contributed by atoms with Gasteiger partial charge in [-0.15, -0.1) is 0 Å². The summed E-state index contributed by atoms with van der Waals surface area (Å²) in [6, 6.07) is 0. The molecule has 0 aliphatic carbocycles. The van der Waals surface area contributed by atoms with Crippen molar-refractivity contribution < 1.29 is 0 Å². The van der Waals surface area contributed by atoms with Crippen LogP contribution in [0.3, 0.4) is 0 Å². The topological polar surface area (TPSA) is 34.9 Å². The van der Waals surface area contributed by atoms with E-state index in [1.54, 1.807) is 7.05 Å². The molecule has 0 atom stereocenters. The molecule has 2 radical (unpaired) electrons. The third kappa shape index (κ3) is 1.29. The molecule has 0 aromatic carbocycles. The lowest BCUT2D eigenvalue weighted by atomic mass is 10.1. The quantitative estimate of drug-likeness (QED) is 0.519. The summed E-state index contributed by atoms with van der Waals surface area (Å²) in [7, 11) is 6.94. The van der Waals surface area contributed by atoms with Gasteiger partial charge < -0.3 is 4.57 Å². The number of aryl methyl sites for hydroxylation is 1. The van der Waals surface area contributed by atoms with Crippen LogP contribution in [0.15, 0.2) is 15.6 Å². The van der Waals surface area contributed by atoms with Gasteiger partial charge in [-0.3, -0.25) is 9.78 Å². The van der Waals surface area contributed by atoms with Crippen LogP contribution in [-0.2, 0) is 7.05 Å². The summed E-state index contributed by atoms with van der Waals surface area (Å²) >= 11 is 2.97. The van der Waals surface area contributed by atoms with Gasteiger partial charge in [0.05, 0.1) is 0 Å².